The molecule has 0 aromatic heterocycles. The topological polar surface area (TPSA) is 152 Å². The van der Waals surface area contributed by atoms with Crippen molar-refractivity contribution in [2.75, 3.05) is 26.7 Å². The van der Waals surface area contributed by atoms with Gasteiger partial charge in [-0.1, -0.05) is 30.3 Å². The molecular formula is C31H45FN6O4. The van der Waals surface area contributed by atoms with Crippen LogP contribution in [-0.4, -0.2) is 68.0 Å². The fraction of sp³-hybridized carbons (Fsp3) is 0.516. The highest BCUT2D eigenvalue weighted by atomic mass is 19.1. The summed E-state index contributed by atoms with van der Waals surface area (Å²) in [6, 6.07) is 10.8. The van der Waals surface area contributed by atoms with Crippen LogP contribution in [-0.2, 0) is 27.2 Å². The van der Waals surface area contributed by atoms with E-state index in [0.717, 1.165) is 29.5 Å². The summed E-state index contributed by atoms with van der Waals surface area (Å²) >= 11 is 0. The van der Waals surface area contributed by atoms with Crippen LogP contribution >= 0.6 is 0 Å². The number of carbonyl (C=O) groups excluding carboxylic acids is 3. The third kappa shape index (κ3) is 10.1. The van der Waals surface area contributed by atoms with Crippen molar-refractivity contribution in [2.45, 2.75) is 70.2 Å². The summed E-state index contributed by atoms with van der Waals surface area (Å²) in [6.07, 6.45) is 3.45. The van der Waals surface area contributed by atoms with Crippen LogP contribution in [0.15, 0.2) is 42.5 Å². The summed E-state index contributed by atoms with van der Waals surface area (Å²) in [4.78, 5) is 38.5. The lowest BCUT2D eigenvalue weighted by Crippen LogP contribution is -2.49. The monoisotopic (exact) mass is 584 g/mol. The van der Waals surface area contributed by atoms with E-state index in [4.69, 9.17) is 16.2 Å². The first kappa shape index (κ1) is 33.0. The van der Waals surface area contributed by atoms with Crippen molar-refractivity contribution in [3.8, 4) is 5.75 Å². The van der Waals surface area contributed by atoms with E-state index in [1.807, 2.05) is 33.0 Å². The van der Waals surface area contributed by atoms with Crippen molar-refractivity contribution in [3.63, 3.8) is 0 Å². The lowest BCUT2D eigenvalue weighted by molar-refractivity contribution is -0.134. The Morgan fingerprint density at radius 2 is 1.83 bits per heavy atom. The molecule has 0 unspecified atom stereocenters. The fourth-order valence-corrected chi connectivity index (χ4v) is 4.64. The van der Waals surface area contributed by atoms with Crippen LogP contribution in [0.25, 0.3) is 0 Å². The summed E-state index contributed by atoms with van der Waals surface area (Å²) in [5, 5.41) is 8.77. The van der Waals surface area contributed by atoms with Crippen LogP contribution in [0.3, 0.4) is 0 Å². The Kier molecular flexibility index (Phi) is 12.7. The van der Waals surface area contributed by atoms with Crippen molar-refractivity contribution in [3.05, 3.63) is 65.0 Å². The number of hydrogen-bond donors (Lipinski definition) is 5. The Balaban J connectivity index is 1.47. The van der Waals surface area contributed by atoms with Gasteiger partial charge in [0.05, 0.1) is 12.2 Å². The highest BCUT2D eigenvalue weighted by Crippen LogP contribution is 2.33. The Morgan fingerprint density at radius 3 is 2.45 bits per heavy atom. The van der Waals surface area contributed by atoms with E-state index in [-0.39, 0.29) is 30.5 Å². The van der Waals surface area contributed by atoms with Crippen molar-refractivity contribution >= 4 is 18.2 Å². The van der Waals surface area contributed by atoms with E-state index in [9.17, 15) is 18.8 Å². The van der Waals surface area contributed by atoms with Gasteiger partial charge in [-0.15, -0.1) is 0 Å². The minimum atomic E-state index is -0.733. The third-order valence-electron chi connectivity index (χ3n) is 7.55. The second-order valence-electron chi connectivity index (χ2n) is 11.1. The average Bonchev–Trinajstić information content (AvgIpc) is 3.80. The molecular weight excluding hydrogens is 539 g/mol. The Morgan fingerprint density at radius 1 is 1.12 bits per heavy atom. The molecule has 2 aromatic carbocycles. The average molecular weight is 585 g/mol. The number of rotatable bonds is 18. The van der Waals surface area contributed by atoms with Gasteiger partial charge in [-0.2, -0.15) is 0 Å². The van der Waals surface area contributed by atoms with Gasteiger partial charge in [0.25, 0.3) is 0 Å². The first-order chi connectivity index (χ1) is 20.1. The second-order valence-corrected chi connectivity index (χ2v) is 11.1. The number of ether oxygens (including phenoxy) is 1. The lowest BCUT2D eigenvalue weighted by atomic mass is 10.0. The number of carbonyl (C=O) groups is 3. The summed E-state index contributed by atoms with van der Waals surface area (Å²) in [7, 11) is 1.82. The van der Waals surface area contributed by atoms with Gasteiger partial charge in [-0.3, -0.25) is 14.4 Å². The SMILES string of the molecule is CC(C)N(C)C(=O)[C@@H](NCCOc1cc(F)ccc1CCCNC(=O)[C@@H](Cc1ccc(C(N)N)cc1)NC=O)C1CC1. The minimum Gasteiger partial charge on any atom is -0.492 e. The molecule has 3 rings (SSSR count). The van der Waals surface area contributed by atoms with Crippen molar-refractivity contribution < 1.29 is 23.5 Å². The maximum absolute atomic E-state index is 14.0. The molecule has 42 heavy (non-hydrogen) atoms. The first-order valence-electron chi connectivity index (χ1n) is 14.6. The van der Waals surface area contributed by atoms with Crippen molar-refractivity contribution in [2.24, 2.45) is 17.4 Å². The maximum atomic E-state index is 14.0. The van der Waals surface area contributed by atoms with Gasteiger partial charge in [0.15, 0.2) is 0 Å². The van der Waals surface area contributed by atoms with Crippen LogP contribution in [0.2, 0.25) is 0 Å². The molecule has 3 amide bonds. The van der Waals surface area contributed by atoms with Gasteiger partial charge < -0.3 is 37.1 Å². The van der Waals surface area contributed by atoms with Crippen molar-refractivity contribution in [1.82, 2.24) is 20.9 Å². The third-order valence-corrected chi connectivity index (χ3v) is 7.55. The van der Waals surface area contributed by atoms with Gasteiger partial charge in [-0.05, 0) is 68.2 Å². The van der Waals surface area contributed by atoms with Crippen LogP contribution in [0.4, 0.5) is 4.39 Å². The number of aryl methyl sites for hydroxylation is 1. The van der Waals surface area contributed by atoms with E-state index in [1.54, 1.807) is 23.1 Å². The van der Waals surface area contributed by atoms with Gasteiger partial charge in [-0.25, -0.2) is 4.39 Å². The number of amides is 3. The molecule has 0 spiro atoms. The Bertz CT molecular complexity index is 1170. The summed E-state index contributed by atoms with van der Waals surface area (Å²) < 4.78 is 19.9. The van der Waals surface area contributed by atoms with E-state index < -0.39 is 18.0 Å². The van der Waals surface area contributed by atoms with Crippen molar-refractivity contribution in [1.29, 1.82) is 0 Å². The quantitative estimate of drug-likeness (QED) is 0.102. The molecule has 7 N–H and O–H groups in total. The van der Waals surface area contributed by atoms with Gasteiger partial charge in [0.2, 0.25) is 18.2 Å². The van der Waals surface area contributed by atoms with Crippen LogP contribution in [0.1, 0.15) is 56.0 Å². The zero-order valence-electron chi connectivity index (χ0n) is 24.8. The van der Waals surface area contributed by atoms with E-state index in [1.165, 1.54) is 12.1 Å². The molecule has 0 saturated heterocycles. The molecule has 2 atom stereocenters. The fourth-order valence-electron chi connectivity index (χ4n) is 4.64. The predicted molar refractivity (Wildman–Crippen MR) is 160 cm³/mol. The van der Waals surface area contributed by atoms with Crippen LogP contribution in [0.5, 0.6) is 5.75 Å². The highest BCUT2D eigenvalue weighted by molar-refractivity contribution is 5.84. The molecule has 1 fully saturated rings. The standard InChI is InChI=1S/C31H45FN6O4/c1-20(2)38(3)31(41)28(23-10-11-23)35-15-16-42-27-18-25(32)13-12-22(27)5-4-14-36-30(40)26(37-19-39)17-21-6-8-24(9-7-21)29(33)34/h6-9,12-13,18-20,23,26,28-29,35H,4-5,10-11,14-17,33-34H2,1-3H3,(H,36,40)(H,37,39)/t26-,28+/m1/s1. The van der Waals surface area contributed by atoms with E-state index >= 15 is 0 Å². The maximum Gasteiger partial charge on any atom is 0.242 e. The lowest BCUT2D eigenvalue weighted by Gasteiger charge is -2.27. The highest BCUT2D eigenvalue weighted by Gasteiger charge is 2.37. The van der Waals surface area contributed by atoms with Crippen LogP contribution in [0, 0.1) is 11.7 Å². The molecule has 0 bridgehead atoms. The Labute approximate surface area is 247 Å². The number of nitrogens with two attached hydrogens (primary N) is 2. The first-order valence-corrected chi connectivity index (χ1v) is 14.6. The van der Waals surface area contributed by atoms with E-state index in [2.05, 4.69) is 16.0 Å². The number of benzene rings is 2. The molecule has 1 aliphatic carbocycles. The van der Waals surface area contributed by atoms with Gasteiger partial charge in [0.1, 0.15) is 24.2 Å². The Hall–Kier alpha value is -3.54. The molecule has 11 heteroatoms. The number of nitrogens with zero attached hydrogens (tertiary/aromatic N) is 1. The molecule has 1 aliphatic rings. The normalized spacial score (nSPS) is 14.4. The second kappa shape index (κ2) is 16.2. The zero-order chi connectivity index (χ0) is 30.6. The number of hydrogen-bond acceptors (Lipinski definition) is 7. The summed E-state index contributed by atoms with van der Waals surface area (Å²) in [5.74, 6) is 0.171. The number of halogens is 1. The minimum absolute atomic E-state index is 0.0841. The number of likely N-dealkylation sites (N-methyl/N-ethyl adjacent to an activating group) is 1. The molecule has 2 aromatic rings. The molecule has 0 aliphatic heterocycles. The van der Waals surface area contributed by atoms with E-state index in [0.29, 0.717) is 50.4 Å². The molecule has 0 radical (unpaired) electrons. The van der Waals surface area contributed by atoms with Gasteiger partial charge >= 0.3 is 0 Å². The zero-order valence-corrected chi connectivity index (χ0v) is 24.8. The predicted octanol–water partition coefficient (Wildman–Crippen LogP) is 1.76. The summed E-state index contributed by atoms with van der Waals surface area (Å²) in [5.41, 5.74) is 13.8. The largest absolute Gasteiger partial charge is 0.492 e. The molecule has 10 nitrogen and oxygen atoms in total. The smallest absolute Gasteiger partial charge is 0.242 e. The molecule has 230 valence electrons. The summed E-state index contributed by atoms with van der Waals surface area (Å²) in [6.45, 7) is 5.08. The molecule has 1 saturated carbocycles. The molecule has 0 heterocycles. The number of nitrogens with one attached hydrogen (secondary N) is 3. The van der Waals surface area contributed by atoms with Gasteiger partial charge in [0, 0.05) is 38.7 Å². The van der Waals surface area contributed by atoms with Crippen LogP contribution < -0.4 is 32.2 Å².